The third kappa shape index (κ3) is 5.47. The van der Waals surface area contributed by atoms with E-state index in [4.69, 9.17) is 23.2 Å². The van der Waals surface area contributed by atoms with Crippen LogP contribution in [0.25, 0.3) is 0 Å². The van der Waals surface area contributed by atoms with Gasteiger partial charge in [-0.15, -0.1) is 0 Å². The van der Waals surface area contributed by atoms with Crippen molar-refractivity contribution in [2.24, 2.45) is 0 Å². The van der Waals surface area contributed by atoms with E-state index in [-0.39, 0.29) is 11.8 Å². The Morgan fingerprint density at radius 2 is 1.68 bits per heavy atom. The van der Waals surface area contributed by atoms with Crippen molar-refractivity contribution in [1.82, 2.24) is 10.2 Å². The van der Waals surface area contributed by atoms with Gasteiger partial charge in [-0.3, -0.25) is 9.59 Å². The molecule has 0 spiro atoms. The fourth-order valence-corrected chi connectivity index (χ4v) is 6.47. The Morgan fingerprint density at radius 1 is 0.947 bits per heavy atom. The second kappa shape index (κ2) is 11.9. The Morgan fingerprint density at radius 3 is 2.45 bits per heavy atom. The Hall–Kier alpha value is -2.86. The van der Waals surface area contributed by atoms with Gasteiger partial charge < -0.3 is 15.3 Å². The van der Waals surface area contributed by atoms with Crippen LogP contribution in [0.15, 0.2) is 72.8 Å². The first-order valence-corrected chi connectivity index (χ1v) is 14.1. The predicted molar refractivity (Wildman–Crippen MR) is 151 cm³/mol. The monoisotopic (exact) mass is 550 g/mol. The fraction of sp³-hybridized carbons (Fsp3) is 0.355. The van der Waals surface area contributed by atoms with E-state index in [0.29, 0.717) is 46.1 Å². The van der Waals surface area contributed by atoms with E-state index in [9.17, 15) is 14.7 Å². The largest absolute Gasteiger partial charge is 0.391 e. The van der Waals surface area contributed by atoms with E-state index in [1.165, 1.54) is 5.56 Å². The van der Waals surface area contributed by atoms with Crippen molar-refractivity contribution in [2.75, 3.05) is 6.54 Å². The number of rotatable bonds is 7. The van der Waals surface area contributed by atoms with Crippen LogP contribution in [0.2, 0.25) is 10.0 Å². The van der Waals surface area contributed by atoms with Crippen molar-refractivity contribution < 1.29 is 14.7 Å². The van der Waals surface area contributed by atoms with Crippen molar-refractivity contribution in [1.29, 1.82) is 0 Å². The van der Waals surface area contributed by atoms with Gasteiger partial charge in [0.1, 0.15) is 0 Å². The van der Waals surface area contributed by atoms with Crippen molar-refractivity contribution in [3.63, 3.8) is 0 Å². The molecule has 3 aromatic rings. The molecule has 0 saturated heterocycles. The normalized spacial score (nSPS) is 23.1. The number of nitrogens with one attached hydrogen (secondary N) is 1. The number of hydrogen-bond acceptors (Lipinski definition) is 3. The molecule has 0 radical (unpaired) electrons. The quantitative estimate of drug-likeness (QED) is 0.338. The van der Waals surface area contributed by atoms with E-state index >= 15 is 0 Å². The number of fused-ring (bicyclic) bond motifs is 1. The zero-order valence-electron chi connectivity index (χ0n) is 21.2. The lowest BCUT2D eigenvalue weighted by atomic mass is 9.76. The topological polar surface area (TPSA) is 69.6 Å². The SMILES string of the molecule is O=C(NCCCc1ccccc1)[C@@H]1c2ccccc2C(=O)N([C@@H]2CCCC[C@H]2O)[C@H]1c1ccc(Cl)cc1Cl. The van der Waals surface area contributed by atoms with Gasteiger partial charge in [0, 0.05) is 22.2 Å². The number of aryl methyl sites for hydroxylation is 1. The molecule has 0 bridgehead atoms. The average molecular weight is 552 g/mol. The van der Waals surface area contributed by atoms with Crippen LogP contribution in [0.5, 0.6) is 0 Å². The number of benzene rings is 3. The number of halogens is 2. The third-order valence-electron chi connectivity index (χ3n) is 7.78. The lowest BCUT2D eigenvalue weighted by molar-refractivity contribution is -0.125. The maximum Gasteiger partial charge on any atom is 0.255 e. The maximum atomic E-state index is 14.0. The summed E-state index contributed by atoms with van der Waals surface area (Å²) >= 11 is 12.9. The molecule has 1 aliphatic carbocycles. The summed E-state index contributed by atoms with van der Waals surface area (Å²) in [6.07, 6.45) is 4.09. The molecular formula is C31H32Cl2N2O3. The number of carbonyl (C=O) groups is 2. The molecule has 198 valence electrons. The number of hydrogen-bond donors (Lipinski definition) is 2. The van der Waals surface area contributed by atoms with E-state index in [2.05, 4.69) is 17.4 Å². The van der Waals surface area contributed by atoms with Gasteiger partial charge in [-0.2, -0.15) is 0 Å². The van der Waals surface area contributed by atoms with Crippen LogP contribution in [0.1, 0.15) is 71.1 Å². The molecule has 5 rings (SSSR count). The van der Waals surface area contributed by atoms with E-state index in [1.54, 1.807) is 29.2 Å². The summed E-state index contributed by atoms with van der Waals surface area (Å²) in [6.45, 7) is 0.507. The molecule has 1 heterocycles. The first kappa shape index (κ1) is 26.7. The van der Waals surface area contributed by atoms with Gasteiger partial charge in [0.2, 0.25) is 5.91 Å². The van der Waals surface area contributed by atoms with Crippen LogP contribution in [0.3, 0.4) is 0 Å². The number of nitrogens with zero attached hydrogens (tertiary/aromatic N) is 1. The van der Waals surface area contributed by atoms with Gasteiger partial charge in [0.15, 0.2) is 0 Å². The highest BCUT2D eigenvalue weighted by atomic mass is 35.5. The van der Waals surface area contributed by atoms with Crippen LogP contribution < -0.4 is 5.32 Å². The Bertz CT molecular complexity index is 1300. The highest BCUT2D eigenvalue weighted by molar-refractivity contribution is 6.35. The molecule has 2 aliphatic rings. The zero-order valence-corrected chi connectivity index (χ0v) is 22.7. The van der Waals surface area contributed by atoms with Gasteiger partial charge in [-0.1, -0.05) is 90.6 Å². The molecule has 4 atom stereocenters. The molecule has 5 nitrogen and oxygen atoms in total. The van der Waals surface area contributed by atoms with Gasteiger partial charge >= 0.3 is 0 Å². The second-order valence-electron chi connectivity index (χ2n) is 10.2. The van der Waals surface area contributed by atoms with E-state index < -0.39 is 24.1 Å². The standard InChI is InChI=1S/C31H32Cl2N2O3/c32-21-16-17-24(25(33)19-21)29-28(30(37)34-18-8-11-20-9-2-1-3-10-20)22-12-4-5-13-23(22)31(38)35(29)26-14-6-7-15-27(26)36/h1-5,9-10,12-13,16-17,19,26-29,36H,6-8,11,14-15,18H2,(H,34,37)/t26-,27-,28-,29+/m1/s1. The van der Waals surface area contributed by atoms with Crippen LogP contribution in [-0.2, 0) is 11.2 Å². The Labute approximate surface area is 233 Å². The molecule has 1 fully saturated rings. The highest BCUT2D eigenvalue weighted by Crippen LogP contribution is 2.47. The third-order valence-corrected chi connectivity index (χ3v) is 8.34. The summed E-state index contributed by atoms with van der Waals surface area (Å²) in [5.41, 5.74) is 3.05. The molecule has 0 unspecified atom stereocenters. The molecule has 0 aromatic heterocycles. The maximum absolute atomic E-state index is 14.0. The molecular weight excluding hydrogens is 519 g/mol. The molecule has 2 amide bonds. The summed E-state index contributed by atoms with van der Waals surface area (Å²) < 4.78 is 0. The van der Waals surface area contributed by atoms with E-state index in [0.717, 1.165) is 25.7 Å². The Balaban J connectivity index is 1.52. The first-order valence-electron chi connectivity index (χ1n) is 13.3. The Kier molecular flexibility index (Phi) is 8.37. The van der Waals surface area contributed by atoms with Gasteiger partial charge in [0.25, 0.3) is 5.91 Å². The van der Waals surface area contributed by atoms with Crippen LogP contribution >= 0.6 is 23.2 Å². The van der Waals surface area contributed by atoms with Crippen molar-refractivity contribution in [3.05, 3.63) is 105 Å². The summed E-state index contributed by atoms with van der Waals surface area (Å²) in [5, 5.41) is 15.0. The zero-order chi connectivity index (χ0) is 26.6. The van der Waals surface area contributed by atoms with Gasteiger partial charge in [-0.05, 0) is 60.6 Å². The molecule has 1 saturated carbocycles. The number of amides is 2. The highest BCUT2D eigenvalue weighted by Gasteiger charge is 2.48. The molecule has 3 aromatic carbocycles. The number of carbonyl (C=O) groups excluding carboxylic acids is 2. The lowest BCUT2D eigenvalue weighted by Crippen LogP contribution is -2.55. The van der Waals surface area contributed by atoms with Crippen LogP contribution in [-0.4, -0.2) is 40.5 Å². The van der Waals surface area contributed by atoms with Gasteiger partial charge in [-0.25, -0.2) is 0 Å². The summed E-state index contributed by atoms with van der Waals surface area (Å²) in [5.74, 6) is -1.03. The second-order valence-corrected chi connectivity index (χ2v) is 11.0. The molecule has 1 aliphatic heterocycles. The van der Waals surface area contributed by atoms with E-state index in [1.807, 2.05) is 36.4 Å². The fourth-order valence-electron chi connectivity index (χ4n) is 5.95. The summed E-state index contributed by atoms with van der Waals surface area (Å²) in [6, 6.07) is 21.6. The minimum atomic E-state index is -0.687. The van der Waals surface area contributed by atoms with Crippen molar-refractivity contribution in [2.45, 2.75) is 62.6 Å². The predicted octanol–water partition coefficient (Wildman–Crippen LogP) is 6.33. The van der Waals surface area contributed by atoms with Crippen molar-refractivity contribution in [3.8, 4) is 0 Å². The van der Waals surface area contributed by atoms with Gasteiger partial charge in [0.05, 0.1) is 24.1 Å². The molecule has 7 heteroatoms. The first-order chi connectivity index (χ1) is 18.5. The van der Waals surface area contributed by atoms with Crippen molar-refractivity contribution >= 4 is 35.0 Å². The van der Waals surface area contributed by atoms with Crippen LogP contribution in [0, 0.1) is 0 Å². The lowest BCUT2D eigenvalue weighted by Gasteiger charge is -2.48. The smallest absolute Gasteiger partial charge is 0.255 e. The average Bonchev–Trinajstić information content (AvgIpc) is 2.92. The number of aliphatic hydroxyl groups excluding tert-OH is 1. The molecule has 38 heavy (non-hydrogen) atoms. The van der Waals surface area contributed by atoms with Crippen LogP contribution in [0.4, 0.5) is 0 Å². The number of aliphatic hydroxyl groups is 1. The minimum absolute atomic E-state index is 0.163. The summed E-state index contributed by atoms with van der Waals surface area (Å²) in [4.78, 5) is 29.7. The summed E-state index contributed by atoms with van der Waals surface area (Å²) in [7, 11) is 0. The molecule has 2 N–H and O–H groups in total. The minimum Gasteiger partial charge on any atom is -0.391 e.